The molecular formula is C22H28N4O3. The molecule has 1 heterocycles. The molecule has 154 valence electrons. The summed E-state index contributed by atoms with van der Waals surface area (Å²) in [5, 5.41) is 31.6. The minimum atomic E-state index is -0.287. The van der Waals surface area contributed by atoms with Gasteiger partial charge in [-0.05, 0) is 42.0 Å². The number of fused-ring (bicyclic) bond motifs is 1. The number of phenols is 1. The molecular weight excluding hydrogens is 368 g/mol. The highest BCUT2D eigenvalue weighted by Gasteiger charge is 2.23. The maximum absolute atomic E-state index is 12.0. The molecule has 0 radical (unpaired) electrons. The van der Waals surface area contributed by atoms with Crippen LogP contribution >= 0.6 is 0 Å². The number of amides is 1. The Kier molecular flexibility index (Phi) is 6.17. The van der Waals surface area contributed by atoms with Gasteiger partial charge in [-0.15, -0.1) is 15.0 Å². The summed E-state index contributed by atoms with van der Waals surface area (Å²) < 4.78 is 0. The van der Waals surface area contributed by atoms with Crippen molar-refractivity contribution in [3.05, 3.63) is 47.5 Å². The molecule has 1 aromatic heterocycles. The van der Waals surface area contributed by atoms with Crippen LogP contribution in [0.2, 0.25) is 0 Å². The van der Waals surface area contributed by atoms with Gasteiger partial charge in [-0.3, -0.25) is 4.79 Å². The lowest BCUT2D eigenvalue weighted by atomic mass is 9.84. The van der Waals surface area contributed by atoms with E-state index in [4.69, 9.17) is 5.11 Å². The summed E-state index contributed by atoms with van der Waals surface area (Å²) >= 11 is 0. The van der Waals surface area contributed by atoms with E-state index in [1.807, 2.05) is 57.2 Å². The first-order valence-corrected chi connectivity index (χ1v) is 9.86. The summed E-state index contributed by atoms with van der Waals surface area (Å²) in [7, 11) is 0. The fourth-order valence-corrected chi connectivity index (χ4v) is 3.17. The largest absolute Gasteiger partial charge is 0.505 e. The van der Waals surface area contributed by atoms with Crippen LogP contribution < -0.4 is 5.32 Å². The Balaban J connectivity index is 1.93. The molecule has 0 aliphatic heterocycles. The number of aliphatic hydroxyl groups is 1. The molecule has 7 heteroatoms. The minimum absolute atomic E-state index is 0.0573. The minimum Gasteiger partial charge on any atom is -0.505 e. The van der Waals surface area contributed by atoms with Gasteiger partial charge in [-0.25, -0.2) is 0 Å². The summed E-state index contributed by atoms with van der Waals surface area (Å²) in [6.45, 7) is 6.62. The predicted octanol–water partition coefficient (Wildman–Crippen LogP) is 2.85. The first-order valence-electron chi connectivity index (χ1n) is 9.86. The van der Waals surface area contributed by atoms with Gasteiger partial charge in [-0.1, -0.05) is 39.0 Å². The first-order chi connectivity index (χ1) is 13.8. The maximum Gasteiger partial charge on any atom is 0.220 e. The molecule has 3 rings (SSSR count). The molecule has 1 amide bonds. The number of nitrogens with one attached hydrogen (secondary N) is 1. The summed E-state index contributed by atoms with van der Waals surface area (Å²) in [6, 6.07) is 11.3. The second kappa shape index (κ2) is 8.61. The molecule has 29 heavy (non-hydrogen) atoms. The highest BCUT2D eigenvalue weighted by atomic mass is 16.3. The zero-order valence-corrected chi connectivity index (χ0v) is 17.1. The number of carbonyl (C=O) groups excluding carboxylic acids is 1. The molecule has 0 atom stereocenters. The molecule has 2 aromatic carbocycles. The fourth-order valence-electron chi connectivity index (χ4n) is 3.17. The normalized spacial score (nSPS) is 11.7. The van der Waals surface area contributed by atoms with Gasteiger partial charge in [0, 0.05) is 25.1 Å². The molecule has 0 saturated heterocycles. The monoisotopic (exact) mass is 396 g/mol. The van der Waals surface area contributed by atoms with Crippen LogP contribution in [0, 0.1) is 0 Å². The van der Waals surface area contributed by atoms with E-state index in [1.165, 1.54) is 4.80 Å². The first kappa shape index (κ1) is 20.8. The quantitative estimate of drug-likeness (QED) is 0.533. The SMILES string of the molecule is CC(C)(C)c1cc(CCC(=O)NCCCO)cc(-n2nc3ccccc3n2)c1O. The number of carbonyl (C=O) groups is 1. The molecule has 0 fully saturated rings. The van der Waals surface area contributed by atoms with Crippen molar-refractivity contribution in [3.63, 3.8) is 0 Å². The van der Waals surface area contributed by atoms with E-state index in [9.17, 15) is 9.90 Å². The van der Waals surface area contributed by atoms with Crippen molar-refractivity contribution in [3.8, 4) is 11.4 Å². The zero-order chi connectivity index (χ0) is 21.0. The Morgan fingerprint density at radius 2 is 1.79 bits per heavy atom. The Labute approximate surface area is 170 Å². The van der Waals surface area contributed by atoms with Gasteiger partial charge < -0.3 is 15.5 Å². The van der Waals surface area contributed by atoms with Crippen LogP contribution in [-0.2, 0) is 16.6 Å². The van der Waals surface area contributed by atoms with Crippen molar-refractivity contribution in [1.29, 1.82) is 0 Å². The lowest BCUT2D eigenvalue weighted by molar-refractivity contribution is -0.121. The van der Waals surface area contributed by atoms with Gasteiger partial charge in [0.15, 0.2) is 0 Å². The van der Waals surface area contributed by atoms with Gasteiger partial charge in [-0.2, -0.15) is 0 Å². The molecule has 0 bridgehead atoms. The molecule has 3 N–H and O–H groups in total. The average Bonchev–Trinajstić information content (AvgIpc) is 3.10. The second-order valence-electron chi connectivity index (χ2n) is 8.17. The Bertz CT molecular complexity index is 972. The van der Waals surface area contributed by atoms with Crippen LogP contribution in [0.15, 0.2) is 36.4 Å². The summed E-state index contributed by atoms with van der Waals surface area (Å²) in [5.74, 6) is 0.0855. The summed E-state index contributed by atoms with van der Waals surface area (Å²) in [5.41, 5.74) is 3.43. The number of nitrogens with zero attached hydrogens (tertiary/aromatic N) is 3. The lowest BCUT2D eigenvalue weighted by Crippen LogP contribution is -2.25. The van der Waals surface area contributed by atoms with E-state index >= 15 is 0 Å². The van der Waals surface area contributed by atoms with E-state index in [0.29, 0.717) is 31.5 Å². The maximum atomic E-state index is 12.0. The molecule has 0 unspecified atom stereocenters. The number of aryl methyl sites for hydroxylation is 1. The van der Waals surface area contributed by atoms with E-state index in [0.717, 1.165) is 22.2 Å². The highest BCUT2D eigenvalue weighted by molar-refractivity contribution is 5.76. The molecule has 0 saturated carbocycles. The molecule has 7 nitrogen and oxygen atoms in total. The highest BCUT2D eigenvalue weighted by Crippen LogP contribution is 2.36. The molecule has 0 aliphatic carbocycles. The standard InChI is InChI=1S/C22H28N4O3/c1-22(2,3)16-13-15(9-10-20(28)23-11-6-12-27)14-19(21(16)29)26-24-17-7-4-5-8-18(17)25-26/h4-5,7-8,13-14,27,29H,6,9-12H2,1-3H3,(H,23,28). The van der Waals surface area contributed by atoms with Gasteiger partial charge in [0.05, 0.1) is 0 Å². The van der Waals surface area contributed by atoms with Gasteiger partial charge in [0.2, 0.25) is 5.91 Å². The fraction of sp³-hybridized carbons (Fsp3) is 0.409. The second-order valence-corrected chi connectivity index (χ2v) is 8.17. The van der Waals surface area contributed by atoms with Gasteiger partial charge in [0.1, 0.15) is 22.5 Å². The topological polar surface area (TPSA) is 100 Å². The van der Waals surface area contributed by atoms with Crippen molar-refractivity contribution in [2.45, 2.75) is 45.4 Å². The van der Waals surface area contributed by atoms with Crippen LogP contribution in [-0.4, -0.2) is 44.3 Å². The number of benzene rings is 2. The van der Waals surface area contributed by atoms with Crippen molar-refractivity contribution >= 4 is 16.9 Å². The van der Waals surface area contributed by atoms with E-state index in [1.54, 1.807) is 0 Å². The van der Waals surface area contributed by atoms with Gasteiger partial charge in [0.25, 0.3) is 0 Å². The third-order valence-electron chi connectivity index (χ3n) is 4.76. The number of hydrogen-bond acceptors (Lipinski definition) is 5. The third-order valence-corrected chi connectivity index (χ3v) is 4.76. The van der Waals surface area contributed by atoms with Gasteiger partial charge >= 0.3 is 0 Å². The molecule has 3 aromatic rings. The number of phenolic OH excluding ortho intramolecular Hbond substituents is 1. The molecule has 0 spiro atoms. The summed E-state index contributed by atoms with van der Waals surface area (Å²) in [6.07, 6.45) is 1.40. The van der Waals surface area contributed by atoms with Crippen LogP contribution in [0.4, 0.5) is 0 Å². The summed E-state index contributed by atoms with van der Waals surface area (Å²) in [4.78, 5) is 13.5. The Morgan fingerprint density at radius 1 is 1.14 bits per heavy atom. The Hall–Kier alpha value is -2.93. The number of aromatic hydroxyl groups is 1. The number of aromatic nitrogens is 3. The van der Waals surface area contributed by atoms with Crippen LogP contribution in [0.5, 0.6) is 5.75 Å². The predicted molar refractivity (Wildman–Crippen MR) is 112 cm³/mol. The number of rotatable bonds is 7. The van der Waals surface area contributed by atoms with Crippen molar-refractivity contribution in [2.75, 3.05) is 13.2 Å². The van der Waals surface area contributed by atoms with Crippen molar-refractivity contribution in [1.82, 2.24) is 20.3 Å². The van der Waals surface area contributed by atoms with Crippen LogP contribution in [0.25, 0.3) is 16.7 Å². The lowest BCUT2D eigenvalue weighted by Gasteiger charge is -2.23. The smallest absolute Gasteiger partial charge is 0.220 e. The Morgan fingerprint density at radius 3 is 2.38 bits per heavy atom. The number of aliphatic hydroxyl groups excluding tert-OH is 1. The zero-order valence-electron chi connectivity index (χ0n) is 17.1. The average molecular weight is 396 g/mol. The number of hydrogen-bond donors (Lipinski definition) is 3. The van der Waals surface area contributed by atoms with Crippen LogP contribution in [0.3, 0.4) is 0 Å². The van der Waals surface area contributed by atoms with Crippen LogP contribution in [0.1, 0.15) is 44.7 Å². The van der Waals surface area contributed by atoms with Crippen molar-refractivity contribution in [2.24, 2.45) is 0 Å². The van der Waals surface area contributed by atoms with E-state index in [2.05, 4.69) is 15.5 Å². The van der Waals surface area contributed by atoms with Crippen molar-refractivity contribution < 1.29 is 15.0 Å². The third kappa shape index (κ3) is 4.92. The van der Waals surface area contributed by atoms with E-state index in [-0.39, 0.29) is 23.7 Å². The van der Waals surface area contributed by atoms with E-state index < -0.39 is 0 Å². The molecule has 0 aliphatic rings.